The highest BCUT2D eigenvalue weighted by atomic mass is 16.3. The van der Waals surface area contributed by atoms with Gasteiger partial charge in [0.2, 0.25) is 5.91 Å². The smallest absolute Gasteiger partial charge is 0.230 e. The summed E-state index contributed by atoms with van der Waals surface area (Å²) in [6.07, 6.45) is 2.76. The van der Waals surface area contributed by atoms with Crippen molar-refractivity contribution in [3.63, 3.8) is 0 Å². The van der Waals surface area contributed by atoms with Gasteiger partial charge in [-0.05, 0) is 0 Å². The number of β-amino-alcohol motifs (C(OH)–C–C–N with tert-alkyl or cyclic N) is 1. The molecular formula is C14H13N3O2. The van der Waals surface area contributed by atoms with Gasteiger partial charge in [-0.3, -0.25) is 14.7 Å². The summed E-state index contributed by atoms with van der Waals surface area (Å²) in [6, 6.07) is 9.72. The molecule has 2 heterocycles. The van der Waals surface area contributed by atoms with Crippen LogP contribution in [0.15, 0.2) is 42.7 Å². The monoisotopic (exact) mass is 255 g/mol. The SMILES string of the molecule is O=C1CC(O)CN1c1cnc(-c2ccccc2)cn1. The van der Waals surface area contributed by atoms with Crippen molar-refractivity contribution >= 4 is 11.7 Å². The zero-order valence-corrected chi connectivity index (χ0v) is 10.2. The van der Waals surface area contributed by atoms with Gasteiger partial charge >= 0.3 is 0 Å². The molecule has 1 saturated heterocycles. The average molecular weight is 255 g/mol. The van der Waals surface area contributed by atoms with Gasteiger partial charge in [-0.15, -0.1) is 0 Å². The molecule has 0 spiro atoms. The molecule has 19 heavy (non-hydrogen) atoms. The molecule has 1 amide bonds. The van der Waals surface area contributed by atoms with Crippen molar-refractivity contribution in [2.24, 2.45) is 0 Å². The third-order valence-corrected chi connectivity index (χ3v) is 3.09. The fraction of sp³-hybridized carbons (Fsp3) is 0.214. The minimum Gasteiger partial charge on any atom is -0.391 e. The second kappa shape index (κ2) is 4.78. The number of aliphatic hydroxyl groups is 1. The Morgan fingerprint density at radius 3 is 2.53 bits per heavy atom. The van der Waals surface area contributed by atoms with Crippen LogP contribution in [0.1, 0.15) is 6.42 Å². The summed E-state index contributed by atoms with van der Waals surface area (Å²) in [5.74, 6) is 0.371. The largest absolute Gasteiger partial charge is 0.391 e. The maximum Gasteiger partial charge on any atom is 0.230 e. The van der Waals surface area contributed by atoms with E-state index in [1.54, 1.807) is 12.4 Å². The highest BCUT2D eigenvalue weighted by molar-refractivity contribution is 5.95. The summed E-state index contributed by atoms with van der Waals surface area (Å²) in [5.41, 5.74) is 1.74. The average Bonchev–Trinajstić information content (AvgIpc) is 2.79. The first kappa shape index (κ1) is 11.8. The zero-order valence-electron chi connectivity index (χ0n) is 10.2. The molecule has 1 N–H and O–H groups in total. The molecule has 1 atom stereocenters. The van der Waals surface area contributed by atoms with E-state index in [1.807, 2.05) is 30.3 Å². The highest BCUT2D eigenvalue weighted by Crippen LogP contribution is 2.21. The van der Waals surface area contributed by atoms with Gasteiger partial charge in [0, 0.05) is 5.56 Å². The number of amides is 1. The molecular weight excluding hydrogens is 242 g/mol. The summed E-state index contributed by atoms with van der Waals surface area (Å²) in [5, 5.41) is 9.45. The lowest BCUT2D eigenvalue weighted by Gasteiger charge is -2.14. The Balaban J connectivity index is 1.86. The van der Waals surface area contributed by atoms with Gasteiger partial charge < -0.3 is 5.11 Å². The molecule has 0 radical (unpaired) electrons. The molecule has 1 aromatic heterocycles. The number of carbonyl (C=O) groups excluding carboxylic acids is 1. The lowest BCUT2D eigenvalue weighted by atomic mass is 10.2. The molecule has 1 fully saturated rings. The first-order chi connectivity index (χ1) is 9.24. The van der Waals surface area contributed by atoms with Gasteiger partial charge in [0.05, 0.1) is 37.2 Å². The normalized spacial score (nSPS) is 18.9. The molecule has 2 aromatic rings. The van der Waals surface area contributed by atoms with Crippen molar-refractivity contribution in [3.05, 3.63) is 42.7 Å². The Hall–Kier alpha value is -2.27. The molecule has 0 bridgehead atoms. The van der Waals surface area contributed by atoms with Crippen LogP contribution in [-0.4, -0.2) is 33.6 Å². The second-order valence-electron chi connectivity index (χ2n) is 4.49. The van der Waals surface area contributed by atoms with Crippen molar-refractivity contribution in [1.82, 2.24) is 9.97 Å². The molecule has 3 rings (SSSR count). The summed E-state index contributed by atoms with van der Waals surface area (Å²) >= 11 is 0. The predicted octanol–water partition coefficient (Wildman–Crippen LogP) is 1.24. The minimum absolute atomic E-state index is 0.116. The van der Waals surface area contributed by atoms with Gasteiger partial charge in [-0.1, -0.05) is 30.3 Å². The van der Waals surface area contributed by atoms with E-state index in [0.717, 1.165) is 11.3 Å². The summed E-state index contributed by atoms with van der Waals surface area (Å²) < 4.78 is 0. The quantitative estimate of drug-likeness (QED) is 0.876. The standard InChI is InChI=1S/C14H13N3O2/c18-11-6-14(19)17(9-11)13-8-15-12(7-16-13)10-4-2-1-3-5-10/h1-5,7-8,11,18H,6,9H2. The summed E-state index contributed by atoms with van der Waals surface area (Å²) in [6.45, 7) is 0.290. The zero-order chi connectivity index (χ0) is 13.2. The third-order valence-electron chi connectivity index (χ3n) is 3.09. The fourth-order valence-corrected chi connectivity index (χ4v) is 2.13. The van der Waals surface area contributed by atoms with Gasteiger partial charge in [-0.2, -0.15) is 0 Å². The van der Waals surface area contributed by atoms with E-state index >= 15 is 0 Å². The van der Waals surface area contributed by atoms with E-state index in [1.165, 1.54) is 4.90 Å². The van der Waals surface area contributed by atoms with Crippen molar-refractivity contribution in [3.8, 4) is 11.3 Å². The van der Waals surface area contributed by atoms with Crippen LogP contribution in [0.5, 0.6) is 0 Å². The summed E-state index contributed by atoms with van der Waals surface area (Å²) in [7, 11) is 0. The van der Waals surface area contributed by atoms with Crippen LogP contribution >= 0.6 is 0 Å². The topological polar surface area (TPSA) is 66.3 Å². The highest BCUT2D eigenvalue weighted by Gasteiger charge is 2.29. The molecule has 0 saturated carbocycles. The first-order valence-corrected chi connectivity index (χ1v) is 6.10. The van der Waals surface area contributed by atoms with E-state index in [4.69, 9.17) is 0 Å². The number of aliphatic hydroxyl groups excluding tert-OH is 1. The lowest BCUT2D eigenvalue weighted by Crippen LogP contribution is -2.26. The number of benzene rings is 1. The van der Waals surface area contributed by atoms with Gasteiger partial charge in [0.1, 0.15) is 0 Å². The summed E-state index contributed by atoms with van der Waals surface area (Å²) in [4.78, 5) is 21.7. The Kier molecular flexibility index (Phi) is 2.97. The molecule has 1 aliphatic heterocycles. The van der Waals surface area contributed by atoms with Crippen molar-refractivity contribution in [1.29, 1.82) is 0 Å². The van der Waals surface area contributed by atoms with E-state index in [0.29, 0.717) is 5.82 Å². The Morgan fingerprint density at radius 1 is 1.16 bits per heavy atom. The van der Waals surface area contributed by atoms with E-state index in [9.17, 15) is 9.90 Å². The van der Waals surface area contributed by atoms with Crippen LogP contribution in [0, 0.1) is 0 Å². The minimum atomic E-state index is -0.608. The van der Waals surface area contributed by atoms with Gasteiger partial charge in [0.25, 0.3) is 0 Å². The van der Waals surface area contributed by atoms with Crippen molar-refractivity contribution in [2.75, 3.05) is 11.4 Å². The molecule has 1 aliphatic rings. The third kappa shape index (κ3) is 2.32. The van der Waals surface area contributed by atoms with Crippen LogP contribution in [0.2, 0.25) is 0 Å². The van der Waals surface area contributed by atoms with Crippen LogP contribution in [0.25, 0.3) is 11.3 Å². The molecule has 5 heteroatoms. The van der Waals surface area contributed by atoms with Crippen molar-refractivity contribution in [2.45, 2.75) is 12.5 Å². The van der Waals surface area contributed by atoms with Crippen molar-refractivity contribution < 1.29 is 9.90 Å². The van der Waals surface area contributed by atoms with E-state index in [-0.39, 0.29) is 18.9 Å². The van der Waals surface area contributed by atoms with Crippen LogP contribution in [-0.2, 0) is 4.79 Å². The van der Waals surface area contributed by atoms with Gasteiger partial charge in [0.15, 0.2) is 5.82 Å². The Labute approximate surface area is 110 Å². The lowest BCUT2D eigenvalue weighted by molar-refractivity contribution is -0.117. The molecule has 5 nitrogen and oxygen atoms in total. The Bertz CT molecular complexity index is 583. The maximum atomic E-state index is 11.6. The second-order valence-corrected chi connectivity index (χ2v) is 4.49. The molecule has 0 aliphatic carbocycles. The molecule has 1 unspecified atom stereocenters. The molecule has 96 valence electrons. The maximum absolute atomic E-state index is 11.6. The van der Waals surface area contributed by atoms with Gasteiger partial charge in [-0.25, -0.2) is 4.98 Å². The number of nitrogens with zero attached hydrogens (tertiary/aromatic N) is 3. The predicted molar refractivity (Wildman–Crippen MR) is 70.4 cm³/mol. The number of anilines is 1. The van der Waals surface area contributed by atoms with E-state index < -0.39 is 6.10 Å². The number of hydrogen-bond acceptors (Lipinski definition) is 4. The molecule has 1 aromatic carbocycles. The number of rotatable bonds is 2. The fourth-order valence-electron chi connectivity index (χ4n) is 2.13. The van der Waals surface area contributed by atoms with Crippen LogP contribution < -0.4 is 4.90 Å². The van der Waals surface area contributed by atoms with Crippen LogP contribution in [0.3, 0.4) is 0 Å². The number of aromatic nitrogens is 2. The Morgan fingerprint density at radius 2 is 1.95 bits per heavy atom. The number of carbonyl (C=O) groups is 1. The van der Waals surface area contributed by atoms with Crippen LogP contribution in [0.4, 0.5) is 5.82 Å². The van der Waals surface area contributed by atoms with E-state index in [2.05, 4.69) is 9.97 Å². The first-order valence-electron chi connectivity index (χ1n) is 6.10. The number of hydrogen-bond donors (Lipinski definition) is 1.